The van der Waals surface area contributed by atoms with Crippen LogP contribution in [0.1, 0.15) is 64.0 Å². The second-order valence-corrected chi connectivity index (χ2v) is 9.52. The molecule has 2 aromatic rings. The van der Waals surface area contributed by atoms with Crippen LogP contribution in [0.15, 0.2) is 22.8 Å². The van der Waals surface area contributed by atoms with E-state index in [4.69, 9.17) is 21.4 Å². The van der Waals surface area contributed by atoms with Crippen molar-refractivity contribution in [2.45, 2.75) is 45.4 Å². The van der Waals surface area contributed by atoms with Crippen LogP contribution in [0.2, 0.25) is 0 Å². The van der Waals surface area contributed by atoms with Crippen molar-refractivity contribution in [3.63, 3.8) is 0 Å². The number of furan rings is 1. The number of nitrogens with one attached hydrogen (secondary N) is 1. The molecule has 2 aliphatic rings. The van der Waals surface area contributed by atoms with Gasteiger partial charge in [-0.25, -0.2) is 4.79 Å². The first-order chi connectivity index (χ1) is 15.6. The van der Waals surface area contributed by atoms with Gasteiger partial charge < -0.3 is 24.3 Å². The molecule has 7 nitrogen and oxygen atoms in total. The maximum Gasteiger partial charge on any atom is 0.341 e. The lowest BCUT2D eigenvalue weighted by molar-refractivity contribution is 0.0526. The number of ether oxygens (including phenoxy) is 1. The Morgan fingerprint density at radius 1 is 1.12 bits per heavy atom. The van der Waals surface area contributed by atoms with Gasteiger partial charge in [-0.05, 0) is 62.5 Å². The van der Waals surface area contributed by atoms with Crippen molar-refractivity contribution in [2.75, 3.05) is 38.1 Å². The first-order valence-electron chi connectivity index (χ1n) is 11.3. The minimum Gasteiger partial charge on any atom is -0.462 e. The van der Waals surface area contributed by atoms with E-state index in [-0.39, 0.29) is 11.9 Å². The van der Waals surface area contributed by atoms with E-state index in [1.165, 1.54) is 24.0 Å². The Balaban J connectivity index is 1.45. The van der Waals surface area contributed by atoms with Gasteiger partial charge in [0.2, 0.25) is 0 Å². The minimum atomic E-state index is -0.273. The van der Waals surface area contributed by atoms with Crippen LogP contribution in [-0.4, -0.2) is 59.6 Å². The first-order valence-corrected chi connectivity index (χ1v) is 12.5. The van der Waals surface area contributed by atoms with Gasteiger partial charge >= 0.3 is 5.97 Å². The molecule has 1 aliphatic carbocycles. The standard InChI is InChI=1S/C23H29N3O4S2/c1-2-29-22(28)19-16-8-5-3-4-6-10-18(16)32-20(19)24-23(31)26-13-11-25(12-14-26)21(27)17-9-7-15-30-17/h7,9,15H,2-6,8,10-14H2,1H3,(H,24,31). The van der Waals surface area contributed by atoms with Crippen molar-refractivity contribution < 1.29 is 18.7 Å². The van der Waals surface area contributed by atoms with Gasteiger partial charge in [-0.3, -0.25) is 4.79 Å². The molecule has 3 heterocycles. The van der Waals surface area contributed by atoms with E-state index in [1.54, 1.807) is 28.4 Å². The highest BCUT2D eigenvalue weighted by Gasteiger charge is 2.28. The normalized spacial score (nSPS) is 16.7. The van der Waals surface area contributed by atoms with Crippen molar-refractivity contribution in [1.82, 2.24) is 9.80 Å². The molecule has 9 heteroatoms. The number of piperazine rings is 1. The third-order valence-electron chi connectivity index (χ3n) is 5.96. The number of rotatable bonds is 4. The van der Waals surface area contributed by atoms with Crippen LogP contribution >= 0.6 is 23.6 Å². The molecule has 1 amide bonds. The molecule has 172 valence electrons. The highest BCUT2D eigenvalue weighted by Crippen LogP contribution is 2.37. The van der Waals surface area contributed by atoms with Gasteiger partial charge in [0.1, 0.15) is 5.00 Å². The smallest absolute Gasteiger partial charge is 0.341 e. The van der Waals surface area contributed by atoms with E-state index < -0.39 is 0 Å². The molecule has 0 bridgehead atoms. The van der Waals surface area contributed by atoms with E-state index in [2.05, 4.69) is 5.32 Å². The number of hydrogen-bond acceptors (Lipinski definition) is 6. The largest absolute Gasteiger partial charge is 0.462 e. The van der Waals surface area contributed by atoms with Crippen molar-refractivity contribution in [3.05, 3.63) is 40.2 Å². The van der Waals surface area contributed by atoms with E-state index in [0.717, 1.165) is 36.2 Å². The predicted octanol–water partition coefficient (Wildman–Crippen LogP) is 4.33. The van der Waals surface area contributed by atoms with Gasteiger partial charge in [0.25, 0.3) is 5.91 Å². The van der Waals surface area contributed by atoms with Crippen LogP contribution < -0.4 is 5.32 Å². The molecule has 0 aromatic carbocycles. The van der Waals surface area contributed by atoms with Gasteiger partial charge in [0, 0.05) is 31.1 Å². The number of thiophene rings is 1. The fourth-order valence-electron chi connectivity index (χ4n) is 4.27. The SMILES string of the molecule is CCOC(=O)c1c(NC(=S)N2CCN(C(=O)c3ccco3)CC2)sc2c1CCCCCC2. The molecule has 4 rings (SSSR count). The average molecular weight is 476 g/mol. The van der Waals surface area contributed by atoms with E-state index in [1.807, 2.05) is 11.8 Å². The monoisotopic (exact) mass is 475 g/mol. The fraction of sp³-hybridized carbons (Fsp3) is 0.522. The summed E-state index contributed by atoms with van der Waals surface area (Å²) in [4.78, 5) is 30.4. The third kappa shape index (κ3) is 4.99. The van der Waals surface area contributed by atoms with E-state index in [0.29, 0.717) is 49.2 Å². The minimum absolute atomic E-state index is 0.101. The molecule has 1 aliphatic heterocycles. The Kier molecular flexibility index (Phi) is 7.47. The molecule has 2 aromatic heterocycles. The Bertz CT molecular complexity index is 962. The summed E-state index contributed by atoms with van der Waals surface area (Å²) in [7, 11) is 0. The summed E-state index contributed by atoms with van der Waals surface area (Å²) in [6, 6.07) is 3.40. The number of amides is 1. The molecule has 1 fully saturated rings. The van der Waals surface area contributed by atoms with Gasteiger partial charge in [-0.2, -0.15) is 0 Å². The van der Waals surface area contributed by atoms with E-state index in [9.17, 15) is 9.59 Å². The Morgan fingerprint density at radius 2 is 1.84 bits per heavy atom. The van der Waals surface area contributed by atoms with Gasteiger partial charge in [-0.1, -0.05) is 12.8 Å². The number of carbonyl (C=O) groups is 2. The first kappa shape index (κ1) is 22.8. The van der Waals surface area contributed by atoms with Crippen molar-refractivity contribution in [2.24, 2.45) is 0 Å². The highest BCUT2D eigenvalue weighted by atomic mass is 32.1. The fourth-order valence-corrected chi connectivity index (χ4v) is 5.90. The zero-order valence-electron chi connectivity index (χ0n) is 18.4. The number of nitrogens with zero attached hydrogens (tertiary/aromatic N) is 2. The van der Waals surface area contributed by atoms with Crippen LogP contribution in [0.4, 0.5) is 5.00 Å². The van der Waals surface area contributed by atoms with Gasteiger partial charge in [0.15, 0.2) is 10.9 Å². The number of aryl methyl sites for hydroxylation is 1. The Hall–Kier alpha value is -2.39. The van der Waals surface area contributed by atoms with E-state index >= 15 is 0 Å². The van der Waals surface area contributed by atoms with Crippen LogP contribution in [0, 0.1) is 0 Å². The lowest BCUT2D eigenvalue weighted by Gasteiger charge is -2.35. The van der Waals surface area contributed by atoms with Crippen molar-refractivity contribution in [3.8, 4) is 0 Å². The molecular formula is C23H29N3O4S2. The van der Waals surface area contributed by atoms with Crippen molar-refractivity contribution >= 4 is 45.5 Å². The molecule has 1 saturated heterocycles. The number of thiocarbonyl (C=S) groups is 1. The van der Waals surface area contributed by atoms with Crippen LogP contribution in [0.3, 0.4) is 0 Å². The topological polar surface area (TPSA) is 75.0 Å². The second kappa shape index (κ2) is 10.5. The summed E-state index contributed by atoms with van der Waals surface area (Å²) in [5, 5.41) is 4.71. The summed E-state index contributed by atoms with van der Waals surface area (Å²) < 4.78 is 10.6. The van der Waals surface area contributed by atoms with Crippen LogP contribution in [0.25, 0.3) is 0 Å². The molecule has 0 saturated carbocycles. The summed E-state index contributed by atoms with van der Waals surface area (Å²) in [5.74, 6) is -0.0184. The number of carbonyl (C=O) groups excluding carboxylic acids is 2. The molecule has 0 atom stereocenters. The lowest BCUT2D eigenvalue weighted by atomic mass is 9.96. The molecule has 32 heavy (non-hydrogen) atoms. The molecule has 0 unspecified atom stereocenters. The number of fused-ring (bicyclic) bond motifs is 1. The zero-order valence-corrected chi connectivity index (χ0v) is 20.0. The summed E-state index contributed by atoms with van der Waals surface area (Å²) in [5.41, 5.74) is 1.79. The Labute approximate surface area is 197 Å². The maximum absolute atomic E-state index is 12.8. The second-order valence-electron chi connectivity index (χ2n) is 8.03. The number of esters is 1. The van der Waals surface area contributed by atoms with Crippen LogP contribution in [0.5, 0.6) is 0 Å². The molecule has 0 radical (unpaired) electrons. The average Bonchev–Trinajstić information content (AvgIpc) is 3.42. The summed E-state index contributed by atoms with van der Waals surface area (Å²) in [6.45, 7) is 4.55. The summed E-state index contributed by atoms with van der Waals surface area (Å²) in [6.07, 6.45) is 8.07. The molecular weight excluding hydrogens is 446 g/mol. The highest BCUT2D eigenvalue weighted by molar-refractivity contribution is 7.80. The molecule has 0 spiro atoms. The molecule has 1 N–H and O–H groups in total. The van der Waals surface area contributed by atoms with Gasteiger partial charge in [0.05, 0.1) is 18.4 Å². The predicted molar refractivity (Wildman–Crippen MR) is 129 cm³/mol. The van der Waals surface area contributed by atoms with Gasteiger partial charge in [-0.15, -0.1) is 11.3 Å². The summed E-state index contributed by atoms with van der Waals surface area (Å²) >= 11 is 7.32. The Morgan fingerprint density at radius 3 is 2.53 bits per heavy atom. The maximum atomic E-state index is 12.8. The number of hydrogen-bond donors (Lipinski definition) is 1. The van der Waals surface area contributed by atoms with Crippen molar-refractivity contribution in [1.29, 1.82) is 0 Å². The quantitative estimate of drug-likeness (QED) is 0.521. The zero-order chi connectivity index (χ0) is 22.5. The third-order valence-corrected chi connectivity index (χ3v) is 7.52. The lowest BCUT2D eigenvalue weighted by Crippen LogP contribution is -2.51. The van der Waals surface area contributed by atoms with Crippen LogP contribution in [-0.2, 0) is 17.6 Å². The number of anilines is 1.